The first-order valence-electron chi connectivity index (χ1n) is 7.95. The Morgan fingerprint density at radius 3 is 2.46 bits per heavy atom. The van der Waals surface area contributed by atoms with E-state index in [1.807, 2.05) is 42.5 Å². The Hall–Kier alpha value is -3.47. The number of aromatic carboxylic acids is 1. The maximum Gasteiger partial charge on any atom is 0.337 e. The number of rotatable bonds is 4. The fourth-order valence-corrected chi connectivity index (χ4v) is 2.64. The number of hydrogen-bond acceptors (Lipinski definition) is 2. The highest BCUT2D eigenvalue weighted by atomic mass is 19.1. The van der Waals surface area contributed by atoms with Crippen LogP contribution in [0.3, 0.4) is 0 Å². The van der Waals surface area contributed by atoms with Crippen LogP contribution in [0.1, 0.15) is 22.8 Å². The van der Waals surface area contributed by atoms with Crippen molar-refractivity contribution in [2.45, 2.75) is 6.92 Å². The molecule has 3 aromatic carbocycles. The Morgan fingerprint density at radius 1 is 1.00 bits per heavy atom. The van der Waals surface area contributed by atoms with E-state index in [9.17, 15) is 14.0 Å². The third-order valence-corrected chi connectivity index (χ3v) is 3.98. The van der Waals surface area contributed by atoms with E-state index in [0.29, 0.717) is 5.57 Å². The van der Waals surface area contributed by atoms with E-state index in [-0.39, 0.29) is 11.3 Å². The molecule has 3 rings (SSSR count). The first-order chi connectivity index (χ1) is 12.4. The van der Waals surface area contributed by atoms with Crippen molar-refractivity contribution in [3.05, 3.63) is 83.2 Å². The van der Waals surface area contributed by atoms with Gasteiger partial charge in [0.25, 0.3) is 5.91 Å². The molecule has 26 heavy (non-hydrogen) atoms. The van der Waals surface area contributed by atoms with Gasteiger partial charge in [0.1, 0.15) is 5.82 Å². The second-order valence-corrected chi connectivity index (χ2v) is 5.88. The molecule has 0 radical (unpaired) electrons. The van der Waals surface area contributed by atoms with E-state index < -0.39 is 17.7 Å². The topological polar surface area (TPSA) is 66.4 Å². The van der Waals surface area contributed by atoms with Gasteiger partial charge in [-0.05, 0) is 53.6 Å². The Balaban J connectivity index is 1.85. The Labute approximate surface area is 149 Å². The normalized spacial score (nSPS) is 11.4. The number of amides is 1. The molecule has 0 atom stereocenters. The number of benzene rings is 3. The number of fused-ring (bicyclic) bond motifs is 1. The number of halogens is 1. The van der Waals surface area contributed by atoms with Crippen LogP contribution in [-0.4, -0.2) is 17.0 Å². The van der Waals surface area contributed by atoms with E-state index in [4.69, 9.17) is 5.11 Å². The minimum Gasteiger partial charge on any atom is -0.478 e. The van der Waals surface area contributed by atoms with Crippen LogP contribution in [0, 0.1) is 5.82 Å². The maximum atomic E-state index is 13.2. The van der Waals surface area contributed by atoms with Gasteiger partial charge in [-0.1, -0.05) is 36.4 Å². The van der Waals surface area contributed by atoms with E-state index in [0.717, 1.165) is 28.5 Å². The predicted molar refractivity (Wildman–Crippen MR) is 99.6 cm³/mol. The summed E-state index contributed by atoms with van der Waals surface area (Å²) < 4.78 is 13.2. The molecule has 4 nitrogen and oxygen atoms in total. The summed E-state index contributed by atoms with van der Waals surface area (Å²) in [6, 6.07) is 16.9. The van der Waals surface area contributed by atoms with Crippen molar-refractivity contribution in [2.24, 2.45) is 0 Å². The van der Waals surface area contributed by atoms with Crippen molar-refractivity contribution >= 4 is 34.4 Å². The first kappa shape index (κ1) is 17.4. The van der Waals surface area contributed by atoms with Crippen molar-refractivity contribution in [1.82, 2.24) is 0 Å². The summed E-state index contributed by atoms with van der Waals surface area (Å²) in [5.41, 5.74) is 1.02. The summed E-state index contributed by atoms with van der Waals surface area (Å²) in [6.45, 7) is 1.63. The molecule has 1 amide bonds. The lowest BCUT2D eigenvalue weighted by molar-refractivity contribution is -0.112. The van der Waals surface area contributed by atoms with Crippen molar-refractivity contribution in [1.29, 1.82) is 0 Å². The minimum absolute atomic E-state index is 0.0511. The summed E-state index contributed by atoms with van der Waals surface area (Å²) in [5, 5.41) is 13.8. The largest absolute Gasteiger partial charge is 0.478 e. The number of hydrogen-bond donors (Lipinski definition) is 2. The predicted octanol–water partition coefficient (Wildman–Crippen LogP) is 4.72. The number of anilines is 1. The van der Waals surface area contributed by atoms with Crippen LogP contribution in [0.15, 0.2) is 66.2 Å². The molecule has 0 aliphatic rings. The molecule has 0 unspecified atom stereocenters. The zero-order chi connectivity index (χ0) is 18.7. The molecule has 3 aromatic rings. The van der Waals surface area contributed by atoms with Gasteiger partial charge in [-0.2, -0.15) is 0 Å². The average molecular weight is 349 g/mol. The van der Waals surface area contributed by atoms with Gasteiger partial charge < -0.3 is 10.4 Å². The summed E-state index contributed by atoms with van der Waals surface area (Å²) in [4.78, 5) is 23.6. The first-order valence-corrected chi connectivity index (χ1v) is 7.95. The molecular formula is C21H16FNO3. The molecule has 0 aliphatic carbocycles. The van der Waals surface area contributed by atoms with Gasteiger partial charge in [0.05, 0.1) is 11.3 Å². The molecule has 2 N–H and O–H groups in total. The van der Waals surface area contributed by atoms with Gasteiger partial charge in [-0.25, -0.2) is 9.18 Å². The van der Waals surface area contributed by atoms with Gasteiger partial charge in [-0.15, -0.1) is 0 Å². The van der Waals surface area contributed by atoms with E-state index in [2.05, 4.69) is 5.32 Å². The highest BCUT2D eigenvalue weighted by Crippen LogP contribution is 2.20. The van der Waals surface area contributed by atoms with Crippen molar-refractivity contribution in [3.63, 3.8) is 0 Å². The fraction of sp³-hybridized carbons (Fsp3) is 0.0476. The maximum absolute atomic E-state index is 13.2. The number of nitrogens with one attached hydrogen (secondary N) is 1. The molecule has 0 fully saturated rings. The Morgan fingerprint density at radius 2 is 1.73 bits per heavy atom. The van der Waals surface area contributed by atoms with Crippen molar-refractivity contribution in [3.8, 4) is 0 Å². The summed E-state index contributed by atoms with van der Waals surface area (Å²) in [5.74, 6) is -2.44. The molecule has 0 aliphatic heterocycles. The molecule has 0 saturated carbocycles. The van der Waals surface area contributed by atoms with Crippen LogP contribution < -0.4 is 5.32 Å². The van der Waals surface area contributed by atoms with E-state index in [1.54, 1.807) is 13.0 Å². The van der Waals surface area contributed by atoms with Crippen LogP contribution in [0.2, 0.25) is 0 Å². The van der Waals surface area contributed by atoms with Crippen LogP contribution >= 0.6 is 0 Å². The van der Waals surface area contributed by atoms with Crippen molar-refractivity contribution < 1.29 is 19.1 Å². The molecule has 5 heteroatoms. The van der Waals surface area contributed by atoms with E-state index in [1.165, 1.54) is 6.07 Å². The zero-order valence-electron chi connectivity index (χ0n) is 14.0. The molecular weight excluding hydrogens is 333 g/mol. The summed E-state index contributed by atoms with van der Waals surface area (Å²) >= 11 is 0. The molecule has 0 spiro atoms. The van der Waals surface area contributed by atoms with Gasteiger partial charge >= 0.3 is 5.97 Å². The van der Waals surface area contributed by atoms with Gasteiger partial charge in [-0.3, -0.25) is 4.79 Å². The fourth-order valence-electron chi connectivity index (χ4n) is 2.64. The van der Waals surface area contributed by atoms with Crippen LogP contribution in [0.5, 0.6) is 0 Å². The van der Waals surface area contributed by atoms with E-state index >= 15 is 0 Å². The quantitative estimate of drug-likeness (QED) is 0.670. The third-order valence-electron chi connectivity index (χ3n) is 3.98. The van der Waals surface area contributed by atoms with Crippen LogP contribution in [0.4, 0.5) is 10.1 Å². The molecule has 0 aromatic heterocycles. The lowest BCUT2D eigenvalue weighted by atomic mass is 10.0. The lowest BCUT2D eigenvalue weighted by Gasteiger charge is -2.09. The monoisotopic (exact) mass is 349 g/mol. The molecule has 130 valence electrons. The Bertz CT molecular complexity index is 1040. The second-order valence-electron chi connectivity index (χ2n) is 5.88. The van der Waals surface area contributed by atoms with Crippen LogP contribution in [0.25, 0.3) is 16.8 Å². The number of carboxylic acid groups (broad SMARTS) is 1. The Kier molecular flexibility index (Phi) is 4.80. The van der Waals surface area contributed by atoms with Gasteiger partial charge in [0, 0.05) is 5.57 Å². The third kappa shape index (κ3) is 3.78. The molecule has 0 bridgehead atoms. The summed E-state index contributed by atoms with van der Waals surface area (Å²) in [6.07, 6.45) is 1.71. The van der Waals surface area contributed by atoms with Crippen molar-refractivity contribution in [2.75, 3.05) is 5.32 Å². The highest BCUT2D eigenvalue weighted by Gasteiger charge is 2.14. The minimum atomic E-state index is -1.31. The smallest absolute Gasteiger partial charge is 0.337 e. The standard InChI is InChI=1S/C21H16FNO3/c1-13(10-14-6-7-15-4-2-3-5-16(15)11-14)20(24)23-19-9-8-17(22)12-18(19)21(25)26/h2-12H,1H3,(H,23,24)(H,25,26). The summed E-state index contributed by atoms with van der Waals surface area (Å²) in [7, 11) is 0. The van der Waals surface area contributed by atoms with Crippen LogP contribution in [-0.2, 0) is 4.79 Å². The number of carbonyl (C=O) groups is 2. The molecule has 0 saturated heterocycles. The van der Waals surface area contributed by atoms with Gasteiger partial charge in [0.2, 0.25) is 0 Å². The van der Waals surface area contributed by atoms with Gasteiger partial charge in [0.15, 0.2) is 0 Å². The highest BCUT2D eigenvalue weighted by molar-refractivity contribution is 6.09. The SMILES string of the molecule is CC(=Cc1ccc2ccccc2c1)C(=O)Nc1ccc(F)cc1C(=O)O. The number of carbonyl (C=O) groups excluding carboxylic acids is 1. The zero-order valence-corrected chi connectivity index (χ0v) is 14.0. The number of carboxylic acids is 1. The average Bonchev–Trinajstić information content (AvgIpc) is 2.62. The molecule has 0 heterocycles. The lowest BCUT2D eigenvalue weighted by Crippen LogP contribution is -2.15. The second kappa shape index (κ2) is 7.19.